The topological polar surface area (TPSA) is 60.3 Å². The Morgan fingerprint density at radius 1 is 1.20 bits per heavy atom. The molecule has 5 heteroatoms. The van der Waals surface area contributed by atoms with E-state index in [0.29, 0.717) is 6.54 Å². The van der Waals surface area contributed by atoms with Crippen molar-refractivity contribution in [3.8, 4) is 0 Å². The molecule has 1 N–H and O–H groups in total. The Kier molecular flexibility index (Phi) is 4.55. The molecular weight excluding hydrogens is 256 g/mol. The molecule has 0 unspecified atom stereocenters. The van der Waals surface area contributed by atoms with E-state index < -0.39 is 6.09 Å². The molecule has 0 spiro atoms. The van der Waals surface area contributed by atoms with Gasteiger partial charge in [-0.05, 0) is 24.6 Å². The summed E-state index contributed by atoms with van der Waals surface area (Å²) in [5.74, 6) is 0. The number of aryl methyl sites for hydroxylation is 1. The highest BCUT2D eigenvalue weighted by molar-refractivity contribution is 5.84. The maximum absolute atomic E-state index is 11.9. The van der Waals surface area contributed by atoms with Crippen molar-refractivity contribution in [3.63, 3.8) is 0 Å². The van der Waals surface area contributed by atoms with Gasteiger partial charge < -0.3 is 9.30 Å². The molecule has 5 nitrogen and oxygen atoms in total. The molecule has 2 aromatic rings. The van der Waals surface area contributed by atoms with Crippen LogP contribution in [0.5, 0.6) is 0 Å². The third kappa shape index (κ3) is 3.47. The molecule has 0 aliphatic rings. The first-order valence-corrected chi connectivity index (χ1v) is 6.38. The number of nitrogens with zero attached hydrogens (tertiary/aromatic N) is 1. The van der Waals surface area contributed by atoms with Gasteiger partial charge in [0.05, 0.1) is 0 Å². The molecule has 0 aliphatic heterocycles. The summed E-state index contributed by atoms with van der Waals surface area (Å²) in [4.78, 5) is 23.6. The van der Waals surface area contributed by atoms with E-state index in [9.17, 15) is 9.59 Å². The molecule has 0 saturated carbocycles. The molecule has 0 fully saturated rings. The summed E-state index contributed by atoms with van der Waals surface area (Å²) >= 11 is 0. The van der Waals surface area contributed by atoms with Crippen LogP contribution < -0.4 is 10.9 Å². The largest absolute Gasteiger partial charge is 0.444 e. The Bertz CT molecular complexity index is 635. The fourth-order valence-corrected chi connectivity index (χ4v) is 1.75. The first-order valence-electron chi connectivity index (χ1n) is 6.38. The van der Waals surface area contributed by atoms with E-state index in [2.05, 4.69) is 5.32 Å². The molecule has 0 atom stereocenters. The van der Waals surface area contributed by atoms with Crippen LogP contribution in [-0.2, 0) is 17.9 Å². The normalized spacial score (nSPS) is 10.1. The van der Waals surface area contributed by atoms with E-state index >= 15 is 0 Å². The lowest BCUT2D eigenvalue weighted by molar-refractivity contribution is 0.155. The Morgan fingerprint density at radius 2 is 1.95 bits per heavy atom. The van der Waals surface area contributed by atoms with Gasteiger partial charge in [0.2, 0.25) is 0 Å². The lowest BCUT2D eigenvalue weighted by Crippen LogP contribution is -2.25. The molecule has 0 bridgehead atoms. The van der Waals surface area contributed by atoms with Crippen LogP contribution in [0.25, 0.3) is 0 Å². The Hall–Kier alpha value is -2.56. The summed E-state index contributed by atoms with van der Waals surface area (Å²) in [5, 5.41) is 2.46. The molecule has 1 heterocycles. The van der Waals surface area contributed by atoms with Gasteiger partial charge in [0.25, 0.3) is 5.56 Å². The second-order valence-corrected chi connectivity index (χ2v) is 4.20. The van der Waals surface area contributed by atoms with Gasteiger partial charge in [-0.25, -0.2) is 4.79 Å². The molecule has 20 heavy (non-hydrogen) atoms. The number of pyridine rings is 1. The minimum absolute atomic E-state index is 0.168. The van der Waals surface area contributed by atoms with Crippen LogP contribution in [0, 0.1) is 0 Å². The maximum Gasteiger partial charge on any atom is 0.412 e. The number of rotatable bonds is 4. The quantitative estimate of drug-likeness (QED) is 0.930. The minimum atomic E-state index is -0.639. The highest BCUT2D eigenvalue weighted by Crippen LogP contribution is 2.03. The molecule has 1 aromatic heterocycles. The van der Waals surface area contributed by atoms with Crippen molar-refractivity contribution in [2.75, 3.05) is 5.32 Å². The lowest BCUT2D eigenvalue weighted by Gasteiger charge is -2.08. The van der Waals surface area contributed by atoms with Gasteiger partial charge in [-0.2, -0.15) is 0 Å². The summed E-state index contributed by atoms with van der Waals surface area (Å²) < 4.78 is 6.57. The maximum atomic E-state index is 11.9. The molecule has 2 rings (SSSR count). The summed E-state index contributed by atoms with van der Waals surface area (Å²) in [6.45, 7) is 2.58. The number of anilines is 1. The standard InChI is InChI=1S/C15H16N2O3/c1-2-17-10-6-9-13(14(17)18)16-15(19)20-11-12-7-4-3-5-8-12/h3-10H,2,11H2,1H3,(H,16,19). The van der Waals surface area contributed by atoms with Crippen LogP contribution in [0.1, 0.15) is 12.5 Å². The minimum Gasteiger partial charge on any atom is -0.444 e. The number of hydrogen-bond acceptors (Lipinski definition) is 3. The van der Waals surface area contributed by atoms with Gasteiger partial charge in [-0.3, -0.25) is 10.1 Å². The molecule has 0 radical (unpaired) electrons. The third-order valence-corrected chi connectivity index (χ3v) is 2.81. The first-order chi connectivity index (χ1) is 9.70. The highest BCUT2D eigenvalue weighted by atomic mass is 16.5. The second kappa shape index (κ2) is 6.56. The average Bonchev–Trinajstić information content (AvgIpc) is 2.48. The number of hydrogen-bond donors (Lipinski definition) is 1. The lowest BCUT2D eigenvalue weighted by atomic mass is 10.2. The van der Waals surface area contributed by atoms with Gasteiger partial charge in [0, 0.05) is 12.7 Å². The first kappa shape index (κ1) is 13.9. The van der Waals surface area contributed by atoms with Gasteiger partial charge in [-0.15, -0.1) is 0 Å². The molecule has 0 saturated heterocycles. The van der Waals surface area contributed by atoms with E-state index in [1.54, 1.807) is 18.3 Å². The second-order valence-electron chi connectivity index (χ2n) is 4.20. The van der Waals surface area contributed by atoms with E-state index in [4.69, 9.17) is 4.74 Å². The monoisotopic (exact) mass is 272 g/mol. The van der Waals surface area contributed by atoms with E-state index in [-0.39, 0.29) is 17.9 Å². The number of nitrogens with one attached hydrogen (secondary N) is 1. The van der Waals surface area contributed by atoms with Crippen LogP contribution >= 0.6 is 0 Å². The zero-order valence-electron chi connectivity index (χ0n) is 11.2. The van der Waals surface area contributed by atoms with Crippen molar-refractivity contribution in [1.82, 2.24) is 4.57 Å². The van der Waals surface area contributed by atoms with Gasteiger partial charge >= 0.3 is 6.09 Å². The molecule has 1 amide bonds. The highest BCUT2D eigenvalue weighted by Gasteiger charge is 2.07. The molecule has 1 aromatic carbocycles. The SMILES string of the molecule is CCn1cccc(NC(=O)OCc2ccccc2)c1=O. The van der Waals surface area contributed by atoms with Crippen LogP contribution in [0.4, 0.5) is 10.5 Å². The number of aromatic nitrogens is 1. The number of carbonyl (C=O) groups is 1. The van der Waals surface area contributed by atoms with Gasteiger partial charge in [0.1, 0.15) is 12.3 Å². The fraction of sp³-hybridized carbons (Fsp3) is 0.200. The summed E-state index contributed by atoms with van der Waals surface area (Å²) in [6.07, 6.45) is 1.03. The summed E-state index contributed by atoms with van der Waals surface area (Å²) in [5.41, 5.74) is 0.862. The van der Waals surface area contributed by atoms with E-state index in [1.165, 1.54) is 4.57 Å². The zero-order valence-corrected chi connectivity index (χ0v) is 11.2. The fourth-order valence-electron chi connectivity index (χ4n) is 1.75. The van der Waals surface area contributed by atoms with E-state index in [0.717, 1.165) is 5.56 Å². The number of carbonyl (C=O) groups excluding carboxylic acids is 1. The van der Waals surface area contributed by atoms with Gasteiger partial charge in [-0.1, -0.05) is 30.3 Å². The van der Waals surface area contributed by atoms with Crippen molar-refractivity contribution in [3.05, 3.63) is 64.6 Å². The summed E-state index contributed by atoms with van der Waals surface area (Å²) in [6, 6.07) is 12.6. The average molecular weight is 272 g/mol. The molecule has 0 aliphatic carbocycles. The van der Waals surface area contributed by atoms with Gasteiger partial charge in [0.15, 0.2) is 0 Å². The molecular formula is C15H16N2O3. The van der Waals surface area contributed by atoms with Crippen LogP contribution in [0.2, 0.25) is 0 Å². The van der Waals surface area contributed by atoms with Crippen molar-refractivity contribution in [2.45, 2.75) is 20.1 Å². The number of benzene rings is 1. The van der Waals surface area contributed by atoms with Crippen molar-refractivity contribution in [2.24, 2.45) is 0 Å². The van der Waals surface area contributed by atoms with Crippen molar-refractivity contribution < 1.29 is 9.53 Å². The predicted octanol–water partition coefficient (Wildman–Crippen LogP) is 2.62. The third-order valence-electron chi connectivity index (χ3n) is 2.81. The van der Waals surface area contributed by atoms with Crippen LogP contribution in [-0.4, -0.2) is 10.7 Å². The zero-order chi connectivity index (χ0) is 14.4. The molecule has 104 valence electrons. The Labute approximate surface area is 116 Å². The predicted molar refractivity (Wildman–Crippen MR) is 76.6 cm³/mol. The van der Waals surface area contributed by atoms with Crippen molar-refractivity contribution >= 4 is 11.8 Å². The summed E-state index contributed by atoms with van der Waals surface area (Å²) in [7, 11) is 0. The van der Waals surface area contributed by atoms with Crippen LogP contribution in [0.15, 0.2) is 53.5 Å². The number of ether oxygens (including phenoxy) is 1. The Balaban J connectivity index is 1.97. The smallest absolute Gasteiger partial charge is 0.412 e. The van der Waals surface area contributed by atoms with Crippen molar-refractivity contribution in [1.29, 1.82) is 0 Å². The number of amides is 1. The Morgan fingerprint density at radius 3 is 2.65 bits per heavy atom. The van der Waals surface area contributed by atoms with Crippen LogP contribution in [0.3, 0.4) is 0 Å². The van der Waals surface area contributed by atoms with E-state index in [1.807, 2.05) is 37.3 Å².